The van der Waals surface area contributed by atoms with E-state index >= 15 is 0 Å². The lowest BCUT2D eigenvalue weighted by molar-refractivity contribution is -0.136. The molecule has 5 nitrogen and oxygen atoms in total. The van der Waals surface area contributed by atoms with E-state index in [2.05, 4.69) is 0 Å². The van der Waals surface area contributed by atoms with Crippen LogP contribution in [-0.4, -0.2) is 43.4 Å². The molecular formula is C20H21ClFNO4S. The summed E-state index contributed by atoms with van der Waals surface area (Å²) in [5, 5.41) is 0.594. The zero-order valence-electron chi connectivity index (χ0n) is 15.4. The second-order valence-corrected chi connectivity index (χ2v) is 9.51. The minimum atomic E-state index is -3.20. The van der Waals surface area contributed by atoms with E-state index in [4.69, 9.17) is 16.3 Å². The average Bonchev–Trinajstić information content (AvgIpc) is 3.01. The lowest BCUT2D eigenvalue weighted by Gasteiger charge is -2.28. The van der Waals surface area contributed by atoms with Gasteiger partial charge in [-0.1, -0.05) is 29.8 Å². The fraction of sp³-hybridized carbons (Fsp3) is 0.350. The van der Waals surface area contributed by atoms with Gasteiger partial charge in [-0.3, -0.25) is 4.79 Å². The highest BCUT2D eigenvalue weighted by molar-refractivity contribution is 7.91. The largest absolute Gasteiger partial charge is 0.484 e. The third kappa shape index (κ3) is 5.02. The third-order valence-corrected chi connectivity index (χ3v) is 6.93. The highest BCUT2D eigenvalue weighted by Gasteiger charge is 2.35. The van der Waals surface area contributed by atoms with Crippen molar-refractivity contribution in [2.24, 2.45) is 0 Å². The van der Waals surface area contributed by atoms with Crippen molar-refractivity contribution in [1.29, 1.82) is 0 Å². The Morgan fingerprint density at radius 2 is 2.04 bits per heavy atom. The molecule has 2 aromatic rings. The maximum absolute atomic E-state index is 14.1. The van der Waals surface area contributed by atoms with Crippen molar-refractivity contribution in [1.82, 2.24) is 4.90 Å². The number of ether oxygens (including phenoxy) is 1. The Kier molecular flexibility index (Phi) is 6.25. The van der Waals surface area contributed by atoms with Gasteiger partial charge in [0.25, 0.3) is 5.91 Å². The number of nitrogens with zero attached hydrogens (tertiary/aromatic N) is 1. The summed E-state index contributed by atoms with van der Waals surface area (Å²) in [6, 6.07) is 10.7. The van der Waals surface area contributed by atoms with Gasteiger partial charge in [0.1, 0.15) is 11.6 Å². The van der Waals surface area contributed by atoms with Crippen LogP contribution in [0.3, 0.4) is 0 Å². The SMILES string of the molecule is Cc1cc(OCC(=O)N(Cc2ccccc2F)[C@@H]2CCS(=O)(=O)C2)ccc1Cl. The van der Waals surface area contributed by atoms with Crippen molar-refractivity contribution >= 4 is 27.3 Å². The number of carbonyl (C=O) groups is 1. The number of rotatable bonds is 6. The molecule has 1 aliphatic rings. The van der Waals surface area contributed by atoms with Crippen LogP contribution in [0.4, 0.5) is 4.39 Å². The topological polar surface area (TPSA) is 63.7 Å². The zero-order chi connectivity index (χ0) is 20.3. The molecule has 0 aliphatic carbocycles. The van der Waals surface area contributed by atoms with Crippen LogP contribution in [-0.2, 0) is 21.2 Å². The van der Waals surface area contributed by atoms with Crippen molar-refractivity contribution in [3.8, 4) is 5.75 Å². The lowest BCUT2D eigenvalue weighted by Crippen LogP contribution is -2.43. The highest BCUT2D eigenvalue weighted by atomic mass is 35.5. The second kappa shape index (κ2) is 8.49. The number of amides is 1. The molecule has 1 amide bonds. The summed E-state index contributed by atoms with van der Waals surface area (Å²) < 4.78 is 43.4. The van der Waals surface area contributed by atoms with Crippen LogP contribution in [0.25, 0.3) is 0 Å². The van der Waals surface area contributed by atoms with E-state index in [0.717, 1.165) is 5.56 Å². The molecule has 0 spiro atoms. The van der Waals surface area contributed by atoms with E-state index in [1.165, 1.54) is 11.0 Å². The van der Waals surface area contributed by atoms with Crippen LogP contribution in [0.15, 0.2) is 42.5 Å². The quantitative estimate of drug-likeness (QED) is 0.711. The zero-order valence-corrected chi connectivity index (χ0v) is 17.0. The first-order valence-electron chi connectivity index (χ1n) is 8.87. The smallest absolute Gasteiger partial charge is 0.261 e. The highest BCUT2D eigenvalue weighted by Crippen LogP contribution is 2.23. The Morgan fingerprint density at radius 3 is 2.68 bits per heavy atom. The van der Waals surface area contributed by atoms with Crippen molar-refractivity contribution < 1.29 is 22.3 Å². The molecule has 3 rings (SSSR count). The van der Waals surface area contributed by atoms with Gasteiger partial charge >= 0.3 is 0 Å². The number of hydrogen-bond donors (Lipinski definition) is 0. The van der Waals surface area contributed by atoms with Crippen LogP contribution in [0.1, 0.15) is 17.5 Å². The normalized spacial score (nSPS) is 18.0. The third-order valence-electron chi connectivity index (χ3n) is 4.76. The number of aryl methyl sites for hydroxylation is 1. The van der Waals surface area contributed by atoms with Gasteiger partial charge < -0.3 is 9.64 Å². The molecule has 0 aromatic heterocycles. The second-order valence-electron chi connectivity index (χ2n) is 6.87. The molecule has 0 bridgehead atoms. The van der Waals surface area contributed by atoms with Gasteiger partial charge in [0.15, 0.2) is 16.4 Å². The molecule has 1 fully saturated rings. The van der Waals surface area contributed by atoms with Gasteiger partial charge in [0.2, 0.25) is 0 Å². The average molecular weight is 426 g/mol. The predicted molar refractivity (Wildman–Crippen MR) is 106 cm³/mol. The molecule has 1 aliphatic heterocycles. The van der Waals surface area contributed by atoms with Gasteiger partial charge in [-0.05, 0) is 43.2 Å². The summed E-state index contributed by atoms with van der Waals surface area (Å²) in [5.74, 6) is -0.433. The molecule has 0 unspecified atom stereocenters. The van der Waals surface area contributed by atoms with E-state index in [-0.39, 0.29) is 24.7 Å². The number of hydrogen-bond acceptors (Lipinski definition) is 4. The number of benzene rings is 2. The lowest BCUT2D eigenvalue weighted by atomic mass is 10.1. The number of halogens is 2. The van der Waals surface area contributed by atoms with E-state index in [1.807, 2.05) is 6.92 Å². The number of carbonyl (C=O) groups excluding carboxylic acids is 1. The summed E-state index contributed by atoms with van der Waals surface area (Å²) in [6.07, 6.45) is 0.336. The Bertz CT molecular complexity index is 980. The number of sulfone groups is 1. The first kappa shape index (κ1) is 20.6. The molecular weight excluding hydrogens is 405 g/mol. The Balaban J connectivity index is 1.76. The van der Waals surface area contributed by atoms with Gasteiger partial charge in [-0.25, -0.2) is 12.8 Å². The van der Waals surface area contributed by atoms with E-state index in [9.17, 15) is 17.6 Å². The van der Waals surface area contributed by atoms with E-state index < -0.39 is 27.6 Å². The Morgan fingerprint density at radius 1 is 1.29 bits per heavy atom. The summed E-state index contributed by atoms with van der Waals surface area (Å²) in [7, 11) is -3.20. The summed E-state index contributed by atoms with van der Waals surface area (Å²) in [4.78, 5) is 14.2. The van der Waals surface area contributed by atoms with Crippen molar-refractivity contribution in [2.75, 3.05) is 18.1 Å². The van der Waals surface area contributed by atoms with Crippen molar-refractivity contribution in [3.05, 3.63) is 64.4 Å². The van der Waals surface area contributed by atoms with Gasteiger partial charge in [0, 0.05) is 23.2 Å². The Labute approximate surface area is 169 Å². The van der Waals surface area contributed by atoms with Crippen LogP contribution in [0.5, 0.6) is 5.75 Å². The molecule has 28 heavy (non-hydrogen) atoms. The fourth-order valence-corrected chi connectivity index (χ4v) is 5.04. The maximum Gasteiger partial charge on any atom is 0.261 e. The molecule has 150 valence electrons. The minimum absolute atomic E-state index is 0.00526. The van der Waals surface area contributed by atoms with E-state index in [1.54, 1.807) is 36.4 Å². The maximum atomic E-state index is 14.1. The van der Waals surface area contributed by atoms with Gasteiger partial charge in [-0.2, -0.15) is 0 Å². The molecule has 0 saturated carbocycles. The predicted octanol–water partition coefficient (Wildman–Crippen LogP) is 3.38. The van der Waals surface area contributed by atoms with Gasteiger partial charge in [0.05, 0.1) is 11.5 Å². The first-order valence-corrected chi connectivity index (χ1v) is 11.1. The Hall–Kier alpha value is -2.12. The monoisotopic (exact) mass is 425 g/mol. The molecule has 0 N–H and O–H groups in total. The molecule has 2 aromatic carbocycles. The van der Waals surface area contributed by atoms with E-state index in [0.29, 0.717) is 22.8 Å². The van der Waals surface area contributed by atoms with Crippen LogP contribution in [0, 0.1) is 12.7 Å². The van der Waals surface area contributed by atoms with Crippen LogP contribution >= 0.6 is 11.6 Å². The fourth-order valence-electron chi connectivity index (χ4n) is 3.19. The van der Waals surface area contributed by atoms with Gasteiger partial charge in [-0.15, -0.1) is 0 Å². The molecule has 8 heteroatoms. The standard InChI is InChI=1S/C20H21ClFNO4S/c1-14-10-17(6-7-18(14)21)27-12-20(24)23(16-8-9-28(25,26)13-16)11-15-4-2-3-5-19(15)22/h2-7,10,16H,8-9,11-13H2,1H3/t16-/m1/s1. The van der Waals surface area contributed by atoms with Crippen molar-refractivity contribution in [2.45, 2.75) is 25.9 Å². The van der Waals surface area contributed by atoms with Crippen LogP contribution in [0.2, 0.25) is 5.02 Å². The molecule has 1 heterocycles. The van der Waals surface area contributed by atoms with Crippen molar-refractivity contribution in [3.63, 3.8) is 0 Å². The first-order chi connectivity index (χ1) is 13.2. The van der Waals surface area contributed by atoms with Crippen LogP contribution < -0.4 is 4.74 Å². The molecule has 1 atom stereocenters. The molecule has 1 saturated heterocycles. The summed E-state index contributed by atoms with van der Waals surface area (Å²) in [5.41, 5.74) is 1.15. The minimum Gasteiger partial charge on any atom is -0.484 e. The summed E-state index contributed by atoms with van der Waals surface area (Å²) >= 11 is 5.99. The summed E-state index contributed by atoms with van der Waals surface area (Å²) in [6.45, 7) is 1.55. The molecule has 0 radical (unpaired) electrons.